The van der Waals surface area contributed by atoms with E-state index in [0.29, 0.717) is 36.6 Å². The molecule has 31 heavy (non-hydrogen) atoms. The highest BCUT2D eigenvalue weighted by Gasteiger charge is 2.27. The second kappa shape index (κ2) is 9.80. The van der Waals surface area contributed by atoms with Crippen molar-refractivity contribution in [3.05, 3.63) is 70.1 Å². The maximum absolute atomic E-state index is 12.4. The molecule has 0 bridgehead atoms. The number of hydrogen-bond acceptors (Lipinski definition) is 6. The van der Waals surface area contributed by atoms with Crippen LogP contribution in [-0.2, 0) is 16.0 Å². The van der Waals surface area contributed by atoms with Gasteiger partial charge in [0.15, 0.2) is 5.17 Å². The van der Waals surface area contributed by atoms with Crippen molar-refractivity contribution in [3.8, 4) is 5.75 Å². The fourth-order valence-corrected chi connectivity index (χ4v) is 4.22. The highest BCUT2D eigenvalue weighted by molar-refractivity contribution is 8.18. The summed E-state index contributed by atoms with van der Waals surface area (Å²) in [5.74, 6) is -0.158. The number of aromatic hydroxyl groups is 1. The van der Waals surface area contributed by atoms with Gasteiger partial charge in [0, 0.05) is 25.2 Å². The van der Waals surface area contributed by atoms with Gasteiger partial charge in [-0.15, -0.1) is 0 Å². The molecule has 2 heterocycles. The number of benzene rings is 2. The second-order valence-electron chi connectivity index (χ2n) is 7.20. The molecule has 2 amide bonds. The number of morpholine rings is 1. The molecule has 2 N–H and O–H groups in total. The number of thioether (sulfide) groups is 1. The lowest BCUT2D eigenvalue weighted by atomic mass is 10.1. The van der Waals surface area contributed by atoms with Crippen molar-refractivity contribution in [2.75, 3.05) is 32.8 Å². The Bertz CT molecular complexity index is 1010. The van der Waals surface area contributed by atoms with Crippen LogP contribution in [0.5, 0.6) is 5.75 Å². The van der Waals surface area contributed by atoms with Crippen molar-refractivity contribution in [1.29, 1.82) is 0 Å². The number of carbonyl (C=O) groups is 2. The molecule has 2 aromatic rings. The van der Waals surface area contributed by atoms with E-state index in [1.54, 1.807) is 30.3 Å². The van der Waals surface area contributed by atoms with Crippen molar-refractivity contribution in [3.63, 3.8) is 0 Å². The summed E-state index contributed by atoms with van der Waals surface area (Å²) in [7, 11) is 0. The molecule has 160 valence electrons. The molecule has 0 unspecified atom stereocenters. The van der Waals surface area contributed by atoms with Crippen molar-refractivity contribution in [2.45, 2.75) is 6.42 Å². The van der Waals surface area contributed by atoms with E-state index >= 15 is 0 Å². The number of phenols is 1. The number of hydrogen-bond donors (Lipinski definition) is 2. The molecule has 8 heteroatoms. The largest absolute Gasteiger partial charge is 0.508 e. The Balaban J connectivity index is 1.31. The van der Waals surface area contributed by atoms with Crippen LogP contribution in [0.1, 0.15) is 21.5 Å². The molecule has 7 nitrogen and oxygen atoms in total. The summed E-state index contributed by atoms with van der Waals surface area (Å²) in [5.41, 5.74) is 2.44. The van der Waals surface area contributed by atoms with Crippen LogP contribution in [0.15, 0.2) is 58.4 Å². The number of phenolic OH excluding ortho intramolecular Hbond substituents is 1. The SMILES string of the molecule is O=C1N=C(N2CCOCC2)SC1=Cc1ccc(C(=O)NCCc2ccc(O)cc2)cc1. The van der Waals surface area contributed by atoms with Gasteiger partial charge in [0.05, 0.1) is 18.1 Å². The van der Waals surface area contributed by atoms with Crippen molar-refractivity contribution in [1.82, 2.24) is 10.2 Å². The average molecular weight is 438 g/mol. The predicted octanol–water partition coefficient (Wildman–Crippen LogP) is 2.67. The van der Waals surface area contributed by atoms with Gasteiger partial charge in [0.2, 0.25) is 0 Å². The van der Waals surface area contributed by atoms with Gasteiger partial charge >= 0.3 is 0 Å². The number of ether oxygens (including phenoxy) is 1. The van der Waals surface area contributed by atoms with Crippen LogP contribution in [0.4, 0.5) is 0 Å². The second-order valence-corrected chi connectivity index (χ2v) is 8.21. The van der Waals surface area contributed by atoms with Crippen LogP contribution < -0.4 is 5.32 Å². The van der Waals surface area contributed by atoms with Crippen molar-refractivity contribution < 1.29 is 19.4 Å². The molecule has 0 aromatic heterocycles. The molecule has 1 fully saturated rings. The third-order valence-corrected chi connectivity index (χ3v) is 6.04. The number of nitrogens with zero attached hydrogens (tertiary/aromatic N) is 2. The van der Waals surface area contributed by atoms with Gasteiger partial charge in [-0.1, -0.05) is 24.3 Å². The van der Waals surface area contributed by atoms with Crippen LogP contribution in [0.2, 0.25) is 0 Å². The van der Waals surface area contributed by atoms with Crippen molar-refractivity contribution >= 4 is 34.8 Å². The molecule has 0 aliphatic carbocycles. The van der Waals surface area contributed by atoms with E-state index in [1.807, 2.05) is 24.3 Å². The fraction of sp³-hybridized carbons (Fsp3) is 0.261. The molecule has 2 aromatic carbocycles. The van der Waals surface area contributed by atoms with E-state index in [2.05, 4.69) is 15.2 Å². The number of aliphatic imine (C=N–C) groups is 1. The molecule has 0 radical (unpaired) electrons. The van der Waals surface area contributed by atoms with E-state index in [-0.39, 0.29) is 17.6 Å². The first-order valence-electron chi connectivity index (χ1n) is 10.1. The highest BCUT2D eigenvalue weighted by atomic mass is 32.2. The summed E-state index contributed by atoms with van der Waals surface area (Å²) < 4.78 is 5.34. The minimum Gasteiger partial charge on any atom is -0.508 e. The predicted molar refractivity (Wildman–Crippen MR) is 121 cm³/mol. The Kier molecular flexibility index (Phi) is 6.69. The Morgan fingerprint density at radius 1 is 1.13 bits per heavy atom. The maximum Gasteiger partial charge on any atom is 0.286 e. The smallest absolute Gasteiger partial charge is 0.286 e. The first-order chi connectivity index (χ1) is 15.1. The van der Waals surface area contributed by atoms with Crippen LogP contribution in [0.3, 0.4) is 0 Å². The lowest BCUT2D eigenvalue weighted by Gasteiger charge is -2.27. The van der Waals surface area contributed by atoms with Gasteiger partial charge in [-0.2, -0.15) is 4.99 Å². The van der Waals surface area contributed by atoms with Gasteiger partial charge in [0.1, 0.15) is 5.75 Å². The molecule has 0 spiro atoms. The quantitative estimate of drug-likeness (QED) is 0.699. The Hall–Kier alpha value is -3.10. The first-order valence-corrected chi connectivity index (χ1v) is 10.9. The summed E-state index contributed by atoms with van der Waals surface area (Å²) in [4.78, 5) is 31.4. The Morgan fingerprint density at radius 2 is 1.84 bits per heavy atom. The summed E-state index contributed by atoms with van der Waals surface area (Å²) in [6, 6.07) is 14.1. The number of amidine groups is 1. The molecule has 2 aliphatic heterocycles. The highest BCUT2D eigenvalue weighted by Crippen LogP contribution is 2.30. The third kappa shape index (κ3) is 5.53. The van der Waals surface area contributed by atoms with Gasteiger partial charge < -0.3 is 20.1 Å². The average Bonchev–Trinajstić information content (AvgIpc) is 3.16. The molecular weight excluding hydrogens is 414 g/mol. The molecule has 0 atom stereocenters. The van der Waals surface area contributed by atoms with Crippen molar-refractivity contribution in [2.24, 2.45) is 4.99 Å². The minimum absolute atomic E-state index is 0.151. The standard InChI is InChI=1S/C23H23N3O4S/c27-19-7-3-16(4-8-19)9-10-24-21(28)18-5-1-17(2-6-18)15-20-22(29)25-23(31-20)26-11-13-30-14-12-26/h1-8,15,27H,9-14H2,(H,24,28). The topological polar surface area (TPSA) is 91.2 Å². The van der Waals surface area contributed by atoms with E-state index in [1.165, 1.54) is 11.8 Å². The van der Waals surface area contributed by atoms with E-state index in [4.69, 9.17) is 4.74 Å². The third-order valence-electron chi connectivity index (χ3n) is 5.00. The van der Waals surface area contributed by atoms with Gasteiger partial charge in [-0.3, -0.25) is 9.59 Å². The Labute approximate surface area is 184 Å². The normalized spacial score (nSPS) is 17.7. The minimum atomic E-state index is -0.234. The van der Waals surface area contributed by atoms with E-state index in [0.717, 1.165) is 29.4 Å². The number of rotatable bonds is 5. The zero-order valence-corrected chi connectivity index (χ0v) is 17.7. The molecular formula is C23H23N3O4S. The molecule has 2 aliphatic rings. The summed E-state index contributed by atoms with van der Waals surface area (Å²) in [5, 5.41) is 12.9. The lowest BCUT2D eigenvalue weighted by Crippen LogP contribution is -2.38. The molecule has 1 saturated heterocycles. The fourth-order valence-electron chi connectivity index (χ4n) is 3.26. The van der Waals surface area contributed by atoms with E-state index in [9.17, 15) is 14.7 Å². The van der Waals surface area contributed by atoms with Crippen LogP contribution in [0.25, 0.3) is 6.08 Å². The van der Waals surface area contributed by atoms with Gasteiger partial charge in [-0.05, 0) is 59.7 Å². The summed E-state index contributed by atoms with van der Waals surface area (Å²) in [6.45, 7) is 3.27. The monoisotopic (exact) mass is 437 g/mol. The lowest BCUT2D eigenvalue weighted by molar-refractivity contribution is -0.113. The van der Waals surface area contributed by atoms with Crippen LogP contribution in [0, 0.1) is 0 Å². The number of nitrogens with one attached hydrogen (secondary N) is 1. The molecule has 0 saturated carbocycles. The van der Waals surface area contributed by atoms with Gasteiger partial charge in [0.25, 0.3) is 11.8 Å². The zero-order valence-electron chi connectivity index (χ0n) is 16.9. The number of amides is 2. The Morgan fingerprint density at radius 3 is 2.55 bits per heavy atom. The van der Waals surface area contributed by atoms with Crippen LogP contribution >= 0.6 is 11.8 Å². The first kappa shape index (κ1) is 21.1. The number of carbonyl (C=O) groups excluding carboxylic acids is 2. The van der Waals surface area contributed by atoms with Crippen LogP contribution in [-0.4, -0.2) is 59.8 Å². The zero-order chi connectivity index (χ0) is 21.6. The summed E-state index contributed by atoms with van der Waals surface area (Å²) in [6.07, 6.45) is 2.48. The van der Waals surface area contributed by atoms with E-state index < -0.39 is 0 Å². The maximum atomic E-state index is 12.4. The van der Waals surface area contributed by atoms with Gasteiger partial charge in [-0.25, -0.2) is 0 Å². The summed E-state index contributed by atoms with van der Waals surface area (Å²) >= 11 is 1.38. The molecule has 4 rings (SSSR count).